The summed E-state index contributed by atoms with van der Waals surface area (Å²) in [4.78, 5) is 17.7. The minimum Gasteiger partial charge on any atom is -0.482 e. The first-order valence-electron chi connectivity index (χ1n) is 11.1. The average Bonchev–Trinajstić information content (AvgIpc) is 3.21. The van der Waals surface area contributed by atoms with Crippen molar-refractivity contribution in [3.8, 4) is 17.0 Å². The SMILES string of the molecule is Cc1cccc(N=c2scc(-c3ccc4c(c3)NC(=O)CO4)n2CCCc2ccccc2)c1. The first-order valence-corrected chi connectivity index (χ1v) is 11.9. The molecule has 0 aliphatic carbocycles. The van der Waals surface area contributed by atoms with Crippen molar-refractivity contribution in [1.82, 2.24) is 4.57 Å². The number of anilines is 1. The van der Waals surface area contributed by atoms with Gasteiger partial charge in [0.1, 0.15) is 5.75 Å². The van der Waals surface area contributed by atoms with Crippen LogP contribution >= 0.6 is 11.3 Å². The fraction of sp³-hybridized carbons (Fsp3) is 0.185. The summed E-state index contributed by atoms with van der Waals surface area (Å²) in [5.74, 6) is 0.574. The van der Waals surface area contributed by atoms with Gasteiger partial charge in [0.15, 0.2) is 11.4 Å². The van der Waals surface area contributed by atoms with Crippen LogP contribution in [0.15, 0.2) is 83.2 Å². The third kappa shape index (κ3) is 4.91. The minimum absolute atomic E-state index is 0.0593. The maximum atomic E-state index is 11.8. The topological polar surface area (TPSA) is 55.6 Å². The summed E-state index contributed by atoms with van der Waals surface area (Å²) in [5, 5.41) is 5.06. The molecule has 33 heavy (non-hydrogen) atoms. The molecule has 0 radical (unpaired) electrons. The number of amides is 1. The van der Waals surface area contributed by atoms with Crippen LogP contribution in [-0.2, 0) is 17.8 Å². The van der Waals surface area contributed by atoms with Crippen LogP contribution in [0.2, 0.25) is 0 Å². The molecule has 6 heteroatoms. The van der Waals surface area contributed by atoms with Crippen molar-refractivity contribution in [2.45, 2.75) is 26.3 Å². The van der Waals surface area contributed by atoms with E-state index in [0.717, 1.165) is 41.1 Å². The molecule has 0 unspecified atom stereocenters. The number of aryl methyl sites for hydroxylation is 2. The zero-order chi connectivity index (χ0) is 22.6. The van der Waals surface area contributed by atoms with Crippen LogP contribution in [0.25, 0.3) is 11.3 Å². The largest absolute Gasteiger partial charge is 0.482 e. The molecule has 1 N–H and O–H groups in total. The second-order valence-electron chi connectivity index (χ2n) is 8.14. The Balaban J connectivity index is 1.51. The van der Waals surface area contributed by atoms with Gasteiger partial charge in [-0.1, -0.05) is 42.5 Å². The highest BCUT2D eigenvalue weighted by Gasteiger charge is 2.18. The Kier molecular flexibility index (Phi) is 6.09. The molecule has 1 aliphatic rings. The lowest BCUT2D eigenvalue weighted by Gasteiger charge is -2.19. The molecule has 5 nitrogen and oxygen atoms in total. The minimum atomic E-state index is -0.129. The van der Waals surface area contributed by atoms with E-state index in [1.165, 1.54) is 11.1 Å². The Labute approximate surface area is 197 Å². The van der Waals surface area contributed by atoms with Gasteiger partial charge in [0, 0.05) is 17.5 Å². The Morgan fingerprint density at radius 3 is 2.79 bits per heavy atom. The first kappa shape index (κ1) is 21.2. The number of carbonyl (C=O) groups excluding carboxylic acids is 1. The highest BCUT2D eigenvalue weighted by atomic mass is 32.1. The number of rotatable bonds is 6. The van der Waals surface area contributed by atoms with E-state index in [0.29, 0.717) is 11.4 Å². The Bertz CT molecular complexity index is 1360. The molecule has 4 aromatic rings. The molecule has 0 saturated carbocycles. The number of carbonyl (C=O) groups is 1. The van der Waals surface area contributed by atoms with Crippen molar-refractivity contribution in [1.29, 1.82) is 0 Å². The summed E-state index contributed by atoms with van der Waals surface area (Å²) in [6.07, 6.45) is 2.00. The smallest absolute Gasteiger partial charge is 0.262 e. The molecule has 1 aliphatic heterocycles. The molecule has 166 valence electrons. The molecule has 0 spiro atoms. The van der Waals surface area contributed by atoms with Crippen molar-refractivity contribution < 1.29 is 9.53 Å². The molecule has 2 heterocycles. The number of hydrogen-bond donors (Lipinski definition) is 1. The summed E-state index contributed by atoms with van der Waals surface area (Å²) < 4.78 is 7.81. The van der Waals surface area contributed by atoms with Gasteiger partial charge in [-0.2, -0.15) is 0 Å². The fourth-order valence-electron chi connectivity index (χ4n) is 4.00. The van der Waals surface area contributed by atoms with Gasteiger partial charge in [-0.15, -0.1) is 11.3 Å². The number of fused-ring (bicyclic) bond motifs is 1. The van der Waals surface area contributed by atoms with E-state index in [1.807, 2.05) is 36.4 Å². The Hall–Kier alpha value is -3.64. The molecule has 3 aromatic carbocycles. The molecule has 0 atom stereocenters. The molecular formula is C27H25N3O2S. The van der Waals surface area contributed by atoms with Crippen LogP contribution in [0.5, 0.6) is 5.75 Å². The highest BCUT2D eigenvalue weighted by Crippen LogP contribution is 2.33. The summed E-state index contributed by atoms with van der Waals surface area (Å²) in [6, 6.07) is 24.8. The quantitative estimate of drug-likeness (QED) is 0.404. The summed E-state index contributed by atoms with van der Waals surface area (Å²) in [5.41, 5.74) is 6.30. The standard InChI is InChI=1S/C27H25N3O2S/c1-19-7-5-11-22(15-19)28-27-30(14-6-10-20-8-3-2-4-9-20)24(18-33-27)21-12-13-25-23(16-21)29-26(31)17-32-25/h2-5,7-9,11-13,15-16,18H,6,10,14,17H2,1H3,(H,29,31). The van der Waals surface area contributed by atoms with Crippen LogP contribution in [0.4, 0.5) is 11.4 Å². The third-order valence-corrected chi connectivity index (χ3v) is 6.49. The molecule has 1 amide bonds. The van der Waals surface area contributed by atoms with Gasteiger partial charge in [0.25, 0.3) is 5.91 Å². The van der Waals surface area contributed by atoms with Gasteiger partial charge in [0.05, 0.1) is 17.1 Å². The maximum Gasteiger partial charge on any atom is 0.262 e. The van der Waals surface area contributed by atoms with E-state index < -0.39 is 0 Å². The van der Waals surface area contributed by atoms with Crippen molar-refractivity contribution >= 4 is 28.6 Å². The lowest BCUT2D eigenvalue weighted by atomic mass is 10.1. The van der Waals surface area contributed by atoms with E-state index in [1.54, 1.807) is 11.3 Å². The lowest BCUT2D eigenvalue weighted by Crippen LogP contribution is -2.25. The van der Waals surface area contributed by atoms with Crippen LogP contribution < -0.4 is 14.9 Å². The number of thiazole rings is 1. The zero-order valence-corrected chi connectivity index (χ0v) is 19.3. The van der Waals surface area contributed by atoms with E-state index >= 15 is 0 Å². The Morgan fingerprint density at radius 2 is 1.94 bits per heavy atom. The van der Waals surface area contributed by atoms with Crippen molar-refractivity contribution in [2.75, 3.05) is 11.9 Å². The predicted molar refractivity (Wildman–Crippen MR) is 133 cm³/mol. The molecule has 0 saturated heterocycles. The number of hydrogen-bond acceptors (Lipinski definition) is 4. The number of ether oxygens (including phenoxy) is 1. The van der Waals surface area contributed by atoms with E-state index in [2.05, 4.69) is 58.6 Å². The Morgan fingerprint density at radius 1 is 1.06 bits per heavy atom. The molecule has 5 rings (SSSR count). The van der Waals surface area contributed by atoms with Gasteiger partial charge in [-0.3, -0.25) is 4.79 Å². The second kappa shape index (κ2) is 9.46. The van der Waals surface area contributed by atoms with Crippen LogP contribution in [0.1, 0.15) is 17.5 Å². The van der Waals surface area contributed by atoms with E-state index in [4.69, 9.17) is 9.73 Å². The highest BCUT2D eigenvalue weighted by molar-refractivity contribution is 7.07. The normalized spacial score (nSPS) is 13.4. The average molecular weight is 456 g/mol. The maximum absolute atomic E-state index is 11.8. The van der Waals surface area contributed by atoms with Crippen molar-refractivity contribution in [2.24, 2.45) is 4.99 Å². The summed E-state index contributed by atoms with van der Waals surface area (Å²) in [7, 11) is 0. The number of aromatic nitrogens is 1. The van der Waals surface area contributed by atoms with Crippen LogP contribution in [0.3, 0.4) is 0 Å². The lowest BCUT2D eigenvalue weighted by molar-refractivity contribution is -0.118. The predicted octanol–water partition coefficient (Wildman–Crippen LogP) is 5.72. The summed E-state index contributed by atoms with van der Waals surface area (Å²) in [6.45, 7) is 2.98. The van der Waals surface area contributed by atoms with Crippen LogP contribution in [0, 0.1) is 6.92 Å². The monoisotopic (exact) mass is 455 g/mol. The van der Waals surface area contributed by atoms with E-state index in [-0.39, 0.29) is 12.5 Å². The molecule has 1 aromatic heterocycles. The van der Waals surface area contributed by atoms with Crippen molar-refractivity contribution in [3.05, 3.63) is 94.1 Å². The number of nitrogens with zero attached hydrogens (tertiary/aromatic N) is 2. The summed E-state index contributed by atoms with van der Waals surface area (Å²) >= 11 is 1.63. The van der Waals surface area contributed by atoms with E-state index in [9.17, 15) is 4.79 Å². The van der Waals surface area contributed by atoms with Crippen LogP contribution in [-0.4, -0.2) is 17.1 Å². The van der Waals surface area contributed by atoms with Gasteiger partial charge < -0.3 is 14.6 Å². The molecular weight excluding hydrogens is 430 g/mol. The van der Waals surface area contributed by atoms with Gasteiger partial charge in [0.2, 0.25) is 0 Å². The fourth-order valence-corrected chi connectivity index (χ4v) is 4.96. The van der Waals surface area contributed by atoms with Gasteiger partial charge >= 0.3 is 0 Å². The van der Waals surface area contributed by atoms with Crippen molar-refractivity contribution in [3.63, 3.8) is 0 Å². The number of nitrogens with one attached hydrogen (secondary N) is 1. The third-order valence-electron chi connectivity index (χ3n) is 5.62. The van der Waals surface area contributed by atoms with Gasteiger partial charge in [-0.25, -0.2) is 4.99 Å². The zero-order valence-electron chi connectivity index (χ0n) is 18.5. The number of benzene rings is 3. The molecule has 0 bridgehead atoms. The molecule has 0 fully saturated rings. The second-order valence-corrected chi connectivity index (χ2v) is 8.98. The van der Waals surface area contributed by atoms with Gasteiger partial charge in [-0.05, 0) is 61.2 Å². The first-order chi connectivity index (χ1) is 16.2.